The average molecular weight is 217 g/mol. The molecule has 0 fully saturated rings. The van der Waals surface area contributed by atoms with E-state index < -0.39 is 0 Å². The minimum Gasteiger partial charge on any atom is -0.508 e. The Morgan fingerprint density at radius 1 is 1.25 bits per heavy atom. The number of phenols is 2. The van der Waals surface area contributed by atoms with E-state index in [-0.39, 0.29) is 28.0 Å². The van der Waals surface area contributed by atoms with Crippen molar-refractivity contribution in [3.63, 3.8) is 0 Å². The predicted molar refractivity (Wildman–Crippen MR) is 56.8 cm³/mol. The summed E-state index contributed by atoms with van der Waals surface area (Å²) in [4.78, 5) is 11.9. The molecule has 5 nitrogen and oxygen atoms in total. The molecule has 0 amide bonds. The summed E-state index contributed by atoms with van der Waals surface area (Å²) in [6.45, 7) is 0. The summed E-state index contributed by atoms with van der Waals surface area (Å²) in [6.07, 6.45) is 1.55. The van der Waals surface area contributed by atoms with Gasteiger partial charge in [-0.25, -0.2) is 0 Å². The molecule has 0 aliphatic heterocycles. The van der Waals surface area contributed by atoms with Crippen LogP contribution in [0.4, 0.5) is 0 Å². The van der Waals surface area contributed by atoms with Crippen molar-refractivity contribution in [3.8, 4) is 11.5 Å². The third-order valence-corrected chi connectivity index (χ3v) is 2.42. The zero-order valence-electron chi connectivity index (χ0n) is 8.04. The number of aromatic nitrogens is 1. The van der Waals surface area contributed by atoms with Crippen LogP contribution in [0.5, 0.6) is 11.5 Å². The first-order chi connectivity index (χ1) is 7.66. The van der Waals surface area contributed by atoms with Crippen molar-refractivity contribution < 1.29 is 14.6 Å². The lowest BCUT2D eigenvalue weighted by molar-refractivity contribution is 0.452. The third-order valence-electron chi connectivity index (χ3n) is 2.42. The van der Waals surface area contributed by atoms with Crippen molar-refractivity contribution in [2.45, 2.75) is 0 Å². The summed E-state index contributed by atoms with van der Waals surface area (Å²) >= 11 is 0. The lowest BCUT2D eigenvalue weighted by Gasteiger charge is -2.02. The molecule has 0 unspecified atom stereocenters. The van der Waals surface area contributed by atoms with Crippen LogP contribution in [0.25, 0.3) is 16.7 Å². The zero-order chi connectivity index (χ0) is 11.3. The van der Waals surface area contributed by atoms with E-state index in [0.29, 0.717) is 5.71 Å². The van der Waals surface area contributed by atoms with Gasteiger partial charge in [-0.05, 0) is 6.07 Å². The molecular weight excluding hydrogens is 210 g/mol. The standard InChI is InChI=1S/C11H7NO4/c13-6-4-7(14)10-8(5-6)16-9-2-1-3-12(9)11(10)15/h1-5,13-14H. The molecule has 2 heterocycles. The molecule has 5 heteroatoms. The maximum absolute atomic E-state index is 11.9. The minimum absolute atomic E-state index is 0.0569. The molecule has 0 radical (unpaired) electrons. The lowest BCUT2D eigenvalue weighted by Crippen LogP contribution is -2.11. The van der Waals surface area contributed by atoms with Crippen LogP contribution in [0.15, 0.2) is 39.7 Å². The van der Waals surface area contributed by atoms with Crippen molar-refractivity contribution in [1.82, 2.24) is 4.40 Å². The van der Waals surface area contributed by atoms with Gasteiger partial charge in [0.25, 0.3) is 5.56 Å². The normalized spacial score (nSPS) is 11.2. The SMILES string of the molecule is O=c1c2c(O)cc(O)cc2oc2cccn12. The highest BCUT2D eigenvalue weighted by Gasteiger charge is 2.11. The van der Waals surface area contributed by atoms with Gasteiger partial charge in [-0.2, -0.15) is 0 Å². The van der Waals surface area contributed by atoms with Crippen LogP contribution in [0, 0.1) is 0 Å². The van der Waals surface area contributed by atoms with E-state index in [1.807, 2.05) is 0 Å². The maximum Gasteiger partial charge on any atom is 0.272 e. The number of aromatic hydroxyl groups is 2. The molecule has 1 aromatic carbocycles. The second kappa shape index (κ2) is 2.79. The summed E-state index contributed by atoms with van der Waals surface area (Å²) < 4.78 is 6.66. The van der Waals surface area contributed by atoms with Crippen molar-refractivity contribution >= 4 is 16.7 Å². The molecule has 0 aliphatic rings. The van der Waals surface area contributed by atoms with E-state index in [9.17, 15) is 15.0 Å². The quantitative estimate of drug-likeness (QED) is 0.597. The summed E-state index contributed by atoms with van der Waals surface area (Å²) in [5.41, 5.74) is 0.148. The Kier molecular flexibility index (Phi) is 1.54. The molecular formula is C11H7NO4. The second-order valence-electron chi connectivity index (χ2n) is 3.46. The molecule has 16 heavy (non-hydrogen) atoms. The Morgan fingerprint density at radius 2 is 2.06 bits per heavy atom. The van der Waals surface area contributed by atoms with Gasteiger partial charge in [-0.1, -0.05) is 0 Å². The van der Waals surface area contributed by atoms with Crippen LogP contribution in [-0.4, -0.2) is 14.6 Å². The van der Waals surface area contributed by atoms with E-state index in [4.69, 9.17) is 4.42 Å². The largest absolute Gasteiger partial charge is 0.508 e. The smallest absolute Gasteiger partial charge is 0.272 e. The first-order valence-corrected chi connectivity index (χ1v) is 4.63. The monoisotopic (exact) mass is 217 g/mol. The van der Waals surface area contributed by atoms with Gasteiger partial charge in [0.2, 0.25) is 5.71 Å². The molecule has 0 saturated heterocycles. The fourth-order valence-electron chi connectivity index (χ4n) is 1.73. The van der Waals surface area contributed by atoms with Gasteiger partial charge in [0, 0.05) is 24.4 Å². The molecule has 2 aromatic heterocycles. The summed E-state index contributed by atoms with van der Waals surface area (Å²) in [6, 6.07) is 5.69. The molecule has 0 spiro atoms. The molecule has 0 saturated carbocycles. The van der Waals surface area contributed by atoms with Crippen molar-refractivity contribution in [2.24, 2.45) is 0 Å². The van der Waals surface area contributed by atoms with Crippen LogP contribution in [-0.2, 0) is 0 Å². The van der Waals surface area contributed by atoms with E-state index in [2.05, 4.69) is 0 Å². The third kappa shape index (κ3) is 1.02. The highest BCUT2D eigenvalue weighted by Crippen LogP contribution is 2.27. The maximum atomic E-state index is 11.9. The highest BCUT2D eigenvalue weighted by molar-refractivity contribution is 5.84. The fourth-order valence-corrected chi connectivity index (χ4v) is 1.73. The van der Waals surface area contributed by atoms with Gasteiger partial charge >= 0.3 is 0 Å². The van der Waals surface area contributed by atoms with Crippen LogP contribution in [0.3, 0.4) is 0 Å². The van der Waals surface area contributed by atoms with E-state index >= 15 is 0 Å². The summed E-state index contributed by atoms with van der Waals surface area (Å²) in [5.74, 6) is -0.441. The highest BCUT2D eigenvalue weighted by atomic mass is 16.3. The van der Waals surface area contributed by atoms with Crippen molar-refractivity contribution in [1.29, 1.82) is 0 Å². The number of hydrogen-bond acceptors (Lipinski definition) is 4. The van der Waals surface area contributed by atoms with Gasteiger partial charge in [-0.15, -0.1) is 0 Å². The van der Waals surface area contributed by atoms with Crippen LogP contribution in [0.2, 0.25) is 0 Å². The van der Waals surface area contributed by atoms with E-state index in [0.717, 1.165) is 6.07 Å². The molecule has 2 N–H and O–H groups in total. The Bertz CT molecular complexity index is 754. The van der Waals surface area contributed by atoms with E-state index in [1.54, 1.807) is 18.3 Å². The van der Waals surface area contributed by atoms with Gasteiger partial charge in [-0.3, -0.25) is 9.20 Å². The number of hydrogen-bond donors (Lipinski definition) is 2. The topological polar surface area (TPSA) is 75.1 Å². The summed E-state index contributed by atoms with van der Waals surface area (Å²) in [7, 11) is 0. The van der Waals surface area contributed by atoms with E-state index in [1.165, 1.54) is 10.5 Å². The molecule has 3 rings (SSSR count). The molecule has 0 aliphatic carbocycles. The second-order valence-corrected chi connectivity index (χ2v) is 3.46. The molecule has 3 aromatic rings. The molecule has 0 bridgehead atoms. The number of phenolic OH excluding ortho intramolecular Hbond substituents is 2. The van der Waals surface area contributed by atoms with Gasteiger partial charge < -0.3 is 14.6 Å². The Morgan fingerprint density at radius 3 is 2.88 bits per heavy atom. The number of nitrogens with zero attached hydrogens (tertiary/aromatic N) is 1. The summed E-state index contributed by atoms with van der Waals surface area (Å²) in [5, 5.41) is 18.9. The van der Waals surface area contributed by atoms with Crippen LogP contribution in [0.1, 0.15) is 0 Å². The Hall–Kier alpha value is -2.43. The van der Waals surface area contributed by atoms with Crippen LogP contribution < -0.4 is 5.56 Å². The number of benzene rings is 1. The Balaban J connectivity index is 2.67. The molecule has 0 atom stereocenters. The van der Waals surface area contributed by atoms with Gasteiger partial charge in [0.05, 0.1) is 0 Å². The zero-order valence-corrected chi connectivity index (χ0v) is 8.04. The predicted octanol–water partition coefficient (Wildman–Crippen LogP) is 1.46. The van der Waals surface area contributed by atoms with Crippen molar-refractivity contribution in [3.05, 3.63) is 40.8 Å². The lowest BCUT2D eigenvalue weighted by atomic mass is 10.2. The van der Waals surface area contributed by atoms with Crippen molar-refractivity contribution in [2.75, 3.05) is 0 Å². The van der Waals surface area contributed by atoms with Crippen LogP contribution >= 0.6 is 0 Å². The number of rotatable bonds is 0. The van der Waals surface area contributed by atoms with Gasteiger partial charge in [0.1, 0.15) is 22.5 Å². The first-order valence-electron chi connectivity index (χ1n) is 4.63. The molecule has 80 valence electrons. The minimum atomic E-state index is -0.376. The van der Waals surface area contributed by atoms with Gasteiger partial charge in [0.15, 0.2) is 0 Å². The first kappa shape index (κ1) is 8.84. The Labute approximate surface area is 88.8 Å². The average Bonchev–Trinajstić information content (AvgIpc) is 2.64. The fraction of sp³-hybridized carbons (Fsp3) is 0. The number of fused-ring (bicyclic) bond motifs is 2.